The molecule has 0 fully saturated rings. The van der Waals surface area contributed by atoms with Gasteiger partial charge in [-0.25, -0.2) is 0 Å². The molecule has 0 aliphatic rings. The summed E-state index contributed by atoms with van der Waals surface area (Å²) < 4.78 is 13.0. The molecule has 6 heteroatoms. The number of nitrogens with one attached hydrogen (secondary N) is 1. The first-order valence-corrected chi connectivity index (χ1v) is 9.97. The minimum Gasteiger partial charge on any atom is -0.357 e. The van der Waals surface area contributed by atoms with E-state index in [-0.39, 0.29) is 4.75 Å². The van der Waals surface area contributed by atoms with E-state index in [2.05, 4.69) is 50.2 Å². The zero-order valence-corrected chi connectivity index (χ0v) is 17.1. The van der Waals surface area contributed by atoms with E-state index in [1.807, 2.05) is 40.0 Å². The summed E-state index contributed by atoms with van der Waals surface area (Å²) in [5.74, 6) is 1.44. The molecule has 1 rings (SSSR count). The van der Waals surface area contributed by atoms with Crippen LogP contribution < -0.4 is 5.32 Å². The van der Waals surface area contributed by atoms with Crippen molar-refractivity contribution in [3.63, 3.8) is 0 Å². The van der Waals surface area contributed by atoms with Gasteiger partial charge in [-0.1, -0.05) is 28.1 Å². The summed E-state index contributed by atoms with van der Waals surface area (Å²) in [5.41, 5.74) is 1.22. The fourth-order valence-corrected chi connectivity index (χ4v) is 3.08. The van der Waals surface area contributed by atoms with Gasteiger partial charge in [0.1, 0.15) is 0 Å². The van der Waals surface area contributed by atoms with Gasteiger partial charge in [-0.05, 0) is 45.4 Å². The van der Waals surface area contributed by atoms with Crippen LogP contribution in [0.25, 0.3) is 0 Å². The largest absolute Gasteiger partial charge is 0.357 e. The third kappa shape index (κ3) is 7.48. The van der Waals surface area contributed by atoms with Crippen molar-refractivity contribution in [2.75, 3.05) is 25.9 Å². The highest BCUT2D eigenvalue weighted by molar-refractivity contribution is 9.10. The lowest BCUT2D eigenvalue weighted by molar-refractivity contribution is 0.477. The molecule has 0 aliphatic heterocycles. The average molecular weight is 402 g/mol. The van der Waals surface area contributed by atoms with E-state index in [0.717, 1.165) is 23.5 Å². The van der Waals surface area contributed by atoms with Crippen LogP contribution in [0, 0.1) is 0 Å². The molecular formula is C17H28BrN3OS. The molecule has 0 amide bonds. The average Bonchev–Trinajstić information content (AvgIpc) is 2.47. The molecule has 4 nitrogen and oxygen atoms in total. The van der Waals surface area contributed by atoms with Crippen LogP contribution in [0.5, 0.6) is 0 Å². The third-order valence-corrected chi connectivity index (χ3v) is 5.70. The van der Waals surface area contributed by atoms with Crippen molar-refractivity contribution < 1.29 is 4.21 Å². The molecule has 0 radical (unpaired) electrons. The number of aliphatic imine (C=N–C) groups is 1. The van der Waals surface area contributed by atoms with Crippen LogP contribution in [0.4, 0.5) is 0 Å². The van der Waals surface area contributed by atoms with E-state index >= 15 is 0 Å². The van der Waals surface area contributed by atoms with Gasteiger partial charge < -0.3 is 10.2 Å². The molecular weight excluding hydrogens is 374 g/mol. The minimum absolute atomic E-state index is 0.183. The zero-order valence-electron chi connectivity index (χ0n) is 14.7. The van der Waals surface area contributed by atoms with Crippen LogP contribution in [-0.4, -0.2) is 45.7 Å². The van der Waals surface area contributed by atoms with Crippen molar-refractivity contribution in [1.82, 2.24) is 10.2 Å². The molecule has 0 bridgehead atoms. The van der Waals surface area contributed by atoms with E-state index < -0.39 is 10.8 Å². The molecule has 0 heterocycles. The maximum absolute atomic E-state index is 12.1. The minimum atomic E-state index is -0.870. The Kier molecular flexibility index (Phi) is 8.26. The molecule has 0 aromatic heterocycles. The van der Waals surface area contributed by atoms with Crippen LogP contribution >= 0.6 is 15.9 Å². The predicted octanol–water partition coefficient (Wildman–Crippen LogP) is 3.39. The molecule has 1 aromatic rings. The van der Waals surface area contributed by atoms with Crippen molar-refractivity contribution >= 4 is 32.7 Å². The van der Waals surface area contributed by atoms with E-state index in [4.69, 9.17) is 0 Å². The molecule has 0 aliphatic carbocycles. The summed E-state index contributed by atoms with van der Waals surface area (Å²) in [7, 11) is 1.15. The molecule has 1 atom stereocenters. The molecule has 1 aromatic carbocycles. The van der Waals surface area contributed by atoms with Crippen molar-refractivity contribution in [1.29, 1.82) is 0 Å². The van der Waals surface area contributed by atoms with Gasteiger partial charge in [-0.3, -0.25) is 9.20 Å². The summed E-state index contributed by atoms with van der Waals surface area (Å²) in [6.07, 6.45) is 0. The van der Waals surface area contributed by atoms with Crippen LogP contribution in [0.1, 0.15) is 33.3 Å². The van der Waals surface area contributed by atoms with Crippen LogP contribution in [0.2, 0.25) is 0 Å². The summed E-state index contributed by atoms with van der Waals surface area (Å²) >= 11 is 3.45. The summed E-state index contributed by atoms with van der Waals surface area (Å²) in [6.45, 7) is 10.2. The van der Waals surface area contributed by atoms with Crippen LogP contribution in [0.3, 0.4) is 0 Å². The fourth-order valence-electron chi connectivity index (χ4n) is 1.95. The number of nitrogens with zero attached hydrogens (tertiary/aromatic N) is 2. The van der Waals surface area contributed by atoms with Crippen molar-refractivity contribution in [2.24, 2.45) is 4.99 Å². The number of rotatable bonds is 6. The van der Waals surface area contributed by atoms with Gasteiger partial charge in [-0.15, -0.1) is 0 Å². The Morgan fingerprint density at radius 1 is 1.30 bits per heavy atom. The number of halogens is 1. The van der Waals surface area contributed by atoms with E-state index in [1.165, 1.54) is 5.56 Å². The van der Waals surface area contributed by atoms with Crippen molar-refractivity contribution in [3.05, 3.63) is 34.3 Å². The summed E-state index contributed by atoms with van der Waals surface area (Å²) in [4.78, 5) is 6.70. The monoisotopic (exact) mass is 401 g/mol. The Balaban J connectivity index is 2.66. The van der Waals surface area contributed by atoms with Crippen molar-refractivity contribution in [3.8, 4) is 0 Å². The molecule has 130 valence electrons. The Morgan fingerprint density at radius 2 is 1.91 bits per heavy atom. The second-order valence-corrected chi connectivity index (χ2v) is 9.62. The number of guanidine groups is 1. The topological polar surface area (TPSA) is 44.7 Å². The van der Waals surface area contributed by atoms with E-state index in [1.54, 1.807) is 0 Å². The highest BCUT2D eigenvalue weighted by atomic mass is 79.9. The third-order valence-electron chi connectivity index (χ3n) is 3.25. The zero-order chi connectivity index (χ0) is 17.5. The lowest BCUT2D eigenvalue weighted by Crippen LogP contribution is -2.39. The smallest absolute Gasteiger partial charge is 0.193 e. The molecule has 0 spiro atoms. The summed E-state index contributed by atoms with van der Waals surface area (Å²) in [5, 5.41) is 3.29. The quantitative estimate of drug-likeness (QED) is 0.586. The second kappa shape index (κ2) is 9.42. The van der Waals surface area contributed by atoms with Gasteiger partial charge in [0.25, 0.3) is 0 Å². The standard InChI is InChI=1S/C17H28BrN3OS/c1-6-19-16(20-11-12-23(22)17(2,3)4)21(5)13-14-7-9-15(18)10-8-14/h7-10H,6,11-13H2,1-5H3,(H,19,20). The fraction of sp³-hybridized carbons (Fsp3) is 0.588. The first-order valence-electron chi connectivity index (χ1n) is 7.86. The van der Waals surface area contributed by atoms with Gasteiger partial charge in [0.2, 0.25) is 0 Å². The van der Waals surface area contributed by atoms with Gasteiger partial charge in [-0.2, -0.15) is 0 Å². The number of hydrogen-bond donors (Lipinski definition) is 1. The first-order chi connectivity index (χ1) is 10.7. The molecule has 0 saturated carbocycles. The Hall–Kier alpha value is -0.880. The van der Waals surface area contributed by atoms with Crippen LogP contribution in [0.15, 0.2) is 33.7 Å². The van der Waals surface area contributed by atoms with Gasteiger partial charge >= 0.3 is 0 Å². The highest BCUT2D eigenvalue weighted by Crippen LogP contribution is 2.12. The lowest BCUT2D eigenvalue weighted by atomic mass is 10.2. The molecule has 0 saturated heterocycles. The Bertz CT molecular complexity index is 538. The number of hydrogen-bond acceptors (Lipinski definition) is 2. The van der Waals surface area contributed by atoms with Crippen LogP contribution in [-0.2, 0) is 17.3 Å². The van der Waals surface area contributed by atoms with Gasteiger partial charge in [0, 0.05) is 45.9 Å². The van der Waals surface area contributed by atoms with Crippen molar-refractivity contribution in [2.45, 2.75) is 39.0 Å². The molecule has 1 N–H and O–H groups in total. The van der Waals surface area contributed by atoms with E-state index in [0.29, 0.717) is 12.3 Å². The normalized spacial score (nSPS) is 13.7. The molecule has 1 unspecified atom stereocenters. The predicted molar refractivity (Wildman–Crippen MR) is 104 cm³/mol. The summed E-state index contributed by atoms with van der Waals surface area (Å²) in [6, 6.07) is 8.27. The SMILES string of the molecule is CCNC(=NCCS(=O)C(C)(C)C)N(C)Cc1ccc(Br)cc1. The Morgan fingerprint density at radius 3 is 2.43 bits per heavy atom. The van der Waals surface area contributed by atoms with Gasteiger partial charge in [0.15, 0.2) is 5.96 Å². The first kappa shape index (κ1) is 20.2. The highest BCUT2D eigenvalue weighted by Gasteiger charge is 2.18. The number of benzene rings is 1. The maximum Gasteiger partial charge on any atom is 0.193 e. The second-order valence-electron chi connectivity index (χ2n) is 6.38. The van der Waals surface area contributed by atoms with E-state index in [9.17, 15) is 4.21 Å². The molecule has 23 heavy (non-hydrogen) atoms. The maximum atomic E-state index is 12.1. The lowest BCUT2D eigenvalue weighted by Gasteiger charge is -2.22. The Labute approximate surface area is 151 Å². The van der Waals surface area contributed by atoms with Gasteiger partial charge in [0.05, 0.1) is 6.54 Å².